The predicted molar refractivity (Wildman–Crippen MR) is 71.7 cm³/mol. The molecule has 2 unspecified atom stereocenters. The van der Waals surface area contributed by atoms with Crippen molar-refractivity contribution in [3.8, 4) is 5.75 Å². The van der Waals surface area contributed by atoms with Crippen molar-refractivity contribution in [3.05, 3.63) is 23.9 Å². The molecule has 4 nitrogen and oxygen atoms in total. The van der Waals surface area contributed by atoms with Gasteiger partial charge in [0.25, 0.3) is 0 Å². The van der Waals surface area contributed by atoms with Crippen LogP contribution in [0.15, 0.2) is 18.3 Å². The van der Waals surface area contributed by atoms with Crippen LogP contribution in [0.1, 0.15) is 31.2 Å². The number of H-pyrrole nitrogens is 1. The molecule has 0 radical (unpaired) electrons. The Bertz CT molecular complexity index is 549. The summed E-state index contributed by atoms with van der Waals surface area (Å²) in [5.74, 6) is 0.936. The molecule has 4 heteroatoms. The van der Waals surface area contributed by atoms with Crippen LogP contribution in [0.2, 0.25) is 0 Å². The number of aromatic amines is 1. The molecule has 0 amide bonds. The number of benzene rings is 1. The molecule has 1 saturated carbocycles. The molecule has 1 heterocycles. The summed E-state index contributed by atoms with van der Waals surface area (Å²) in [7, 11) is 0. The predicted octanol–water partition coefficient (Wildman–Crippen LogP) is 2.52. The first-order valence-electron chi connectivity index (χ1n) is 6.60. The van der Waals surface area contributed by atoms with Crippen molar-refractivity contribution in [1.29, 1.82) is 0 Å². The Balaban J connectivity index is 1.87. The van der Waals surface area contributed by atoms with Gasteiger partial charge in [0.2, 0.25) is 0 Å². The lowest BCUT2D eigenvalue weighted by atomic mass is 9.93. The molecule has 96 valence electrons. The topological polar surface area (TPSA) is 63.9 Å². The summed E-state index contributed by atoms with van der Waals surface area (Å²) < 4.78 is 6.11. The quantitative estimate of drug-likeness (QED) is 0.854. The molecular formula is C14H19N3O. The van der Waals surface area contributed by atoms with Crippen LogP contribution in [0, 0.1) is 6.92 Å². The fraction of sp³-hybridized carbons (Fsp3) is 0.500. The molecule has 0 spiro atoms. The van der Waals surface area contributed by atoms with E-state index in [0.29, 0.717) is 0 Å². The van der Waals surface area contributed by atoms with Crippen LogP contribution in [-0.4, -0.2) is 22.3 Å². The first kappa shape index (κ1) is 11.5. The molecule has 2 atom stereocenters. The highest BCUT2D eigenvalue weighted by molar-refractivity contribution is 5.83. The maximum absolute atomic E-state index is 6.13. The Morgan fingerprint density at radius 1 is 1.33 bits per heavy atom. The van der Waals surface area contributed by atoms with Gasteiger partial charge in [0.05, 0.1) is 11.7 Å². The van der Waals surface area contributed by atoms with E-state index in [4.69, 9.17) is 10.5 Å². The van der Waals surface area contributed by atoms with Crippen LogP contribution < -0.4 is 10.5 Å². The summed E-state index contributed by atoms with van der Waals surface area (Å²) >= 11 is 0. The van der Waals surface area contributed by atoms with Crippen molar-refractivity contribution in [2.24, 2.45) is 5.73 Å². The van der Waals surface area contributed by atoms with E-state index in [1.54, 1.807) is 0 Å². The number of ether oxygens (including phenoxy) is 1. The van der Waals surface area contributed by atoms with Crippen molar-refractivity contribution in [2.45, 2.75) is 44.8 Å². The zero-order valence-electron chi connectivity index (χ0n) is 10.6. The summed E-state index contributed by atoms with van der Waals surface area (Å²) in [6.07, 6.45) is 6.56. The van der Waals surface area contributed by atoms with Gasteiger partial charge in [-0.3, -0.25) is 5.10 Å². The molecule has 1 aliphatic carbocycles. The summed E-state index contributed by atoms with van der Waals surface area (Å²) in [6, 6.07) is 4.19. The van der Waals surface area contributed by atoms with Crippen molar-refractivity contribution in [1.82, 2.24) is 10.2 Å². The van der Waals surface area contributed by atoms with Gasteiger partial charge < -0.3 is 10.5 Å². The van der Waals surface area contributed by atoms with Gasteiger partial charge in [0.1, 0.15) is 11.9 Å². The minimum absolute atomic E-state index is 0.154. The number of fused-ring (bicyclic) bond motifs is 1. The normalized spacial score (nSPS) is 24.3. The van der Waals surface area contributed by atoms with Crippen LogP contribution in [0.4, 0.5) is 0 Å². The number of hydrogen-bond donors (Lipinski definition) is 2. The lowest BCUT2D eigenvalue weighted by molar-refractivity contribution is 0.131. The van der Waals surface area contributed by atoms with E-state index in [-0.39, 0.29) is 12.1 Å². The molecule has 1 aromatic carbocycles. The average Bonchev–Trinajstić information content (AvgIpc) is 2.84. The molecule has 3 N–H and O–H groups in total. The minimum atomic E-state index is 0.154. The van der Waals surface area contributed by atoms with E-state index in [1.807, 2.05) is 18.3 Å². The van der Waals surface area contributed by atoms with E-state index in [0.717, 1.165) is 35.1 Å². The molecule has 2 aromatic rings. The third-order valence-electron chi connectivity index (χ3n) is 3.88. The molecule has 0 saturated heterocycles. The lowest BCUT2D eigenvalue weighted by Crippen LogP contribution is -2.41. The lowest BCUT2D eigenvalue weighted by Gasteiger charge is -2.29. The van der Waals surface area contributed by atoms with Gasteiger partial charge in [-0.1, -0.05) is 6.42 Å². The molecule has 3 rings (SSSR count). The van der Waals surface area contributed by atoms with Crippen LogP contribution in [-0.2, 0) is 0 Å². The average molecular weight is 245 g/mol. The maximum atomic E-state index is 6.13. The summed E-state index contributed by atoms with van der Waals surface area (Å²) in [4.78, 5) is 0. The summed E-state index contributed by atoms with van der Waals surface area (Å²) in [5, 5.41) is 8.15. The number of aromatic nitrogens is 2. The van der Waals surface area contributed by atoms with Gasteiger partial charge >= 0.3 is 0 Å². The second-order valence-electron chi connectivity index (χ2n) is 5.12. The van der Waals surface area contributed by atoms with Gasteiger partial charge in [0, 0.05) is 17.0 Å². The van der Waals surface area contributed by atoms with Crippen molar-refractivity contribution < 1.29 is 4.74 Å². The molecule has 1 aliphatic rings. The van der Waals surface area contributed by atoms with Gasteiger partial charge in [-0.25, -0.2) is 0 Å². The number of nitrogens with zero attached hydrogens (tertiary/aromatic N) is 1. The monoisotopic (exact) mass is 245 g/mol. The molecule has 18 heavy (non-hydrogen) atoms. The Morgan fingerprint density at radius 2 is 2.17 bits per heavy atom. The van der Waals surface area contributed by atoms with Crippen LogP contribution >= 0.6 is 0 Å². The molecular weight excluding hydrogens is 226 g/mol. The highest BCUT2D eigenvalue weighted by atomic mass is 16.5. The van der Waals surface area contributed by atoms with Crippen LogP contribution in [0.3, 0.4) is 0 Å². The smallest absolute Gasteiger partial charge is 0.123 e. The SMILES string of the molecule is Cc1c(OC2CCCCC2N)ccc2[nH]ncc12. The van der Waals surface area contributed by atoms with Gasteiger partial charge in [0.15, 0.2) is 0 Å². The van der Waals surface area contributed by atoms with E-state index in [2.05, 4.69) is 17.1 Å². The van der Waals surface area contributed by atoms with Crippen LogP contribution in [0.5, 0.6) is 5.75 Å². The van der Waals surface area contributed by atoms with Crippen molar-refractivity contribution in [3.63, 3.8) is 0 Å². The number of hydrogen-bond acceptors (Lipinski definition) is 3. The van der Waals surface area contributed by atoms with Gasteiger partial charge in [-0.2, -0.15) is 5.10 Å². The highest BCUT2D eigenvalue weighted by Crippen LogP contribution is 2.29. The Kier molecular flexibility index (Phi) is 2.96. The maximum Gasteiger partial charge on any atom is 0.123 e. The second kappa shape index (κ2) is 4.61. The fourth-order valence-corrected chi connectivity index (χ4v) is 2.70. The molecule has 0 aliphatic heterocycles. The standard InChI is InChI=1S/C14H19N3O/c1-9-10-8-16-17-12(10)6-7-13(9)18-14-5-3-2-4-11(14)15/h6-8,11,14H,2-5,15H2,1H3,(H,16,17). The molecule has 0 bridgehead atoms. The van der Waals surface area contributed by atoms with Crippen LogP contribution in [0.25, 0.3) is 10.9 Å². The van der Waals surface area contributed by atoms with E-state index >= 15 is 0 Å². The van der Waals surface area contributed by atoms with Crippen molar-refractivity contribution in [2.75, 3.05) is 0 Å². The van der Waals surface area contributed by atoms with Gasteiger partial charge in [-0.05, 0) is 38.3 Å². The Morgan fingerprint density at radius 3 is 3.00 bits per heavy atom. The first-order valence-corrected chi connectivity index (χ1v) is 6.60. The van der Waals surface area contributed by atoms with E-state index < -0.39 is 0 Å². The van der Waals surface area contributed by atoms with E-state index in [9.17, 15) is 0 Å². The largest absolute Gasteiger partial charge is 0.489 e. The zero-order chi connectivity index (χ0) is 12.5. The third kappa shape index (κ3) is 1.97. The van der Waals surface area contributed by atoms with Gasteiger partial charge in [-0.15, -0.1) is 0 Å². The number of nitrogens with one attached hydrogen (secondary N) is 1. The third-order valence-corrected chi connectivity index (χ3v) is 3.88. The second-order valence-corrected chi connectivity index (χ2v) is 5.12. The highest BCUT2D eigenvalue weighted by Gasteiger charge is 2.24. The fourth-order valence-electron chi connectivity index (χ4n) is 2.70. The minimum Gasteiger partial charge on any atom is -0.489 e. The molecule has 1 fully saturated rings. The number of rotatable bonds is 2. The number of aryl methyl sites for hydroxylation is 1. The Labute approximate surface area is 107 Å². The summed E-state index contributed by atoms with van der Waals surface area (Å²) in [6.45, 7) is 2.07. The number of nitrogens with two attached hydrogens (primary N) is 1. The van der Waals surface area contributed by atoms with Crippen molar-refractivity contribution >= 4 is 10.9 Å². The summed E-state index contributed by atoms with van der Waals surface area (Å²) in [5.41, 5.74) is 8.31. The molecule has 1 aromatic heterocycles. The van der Waals surface area contributed by atoms with E-state index in [1.165, 1.54) is 12.8 Å². The zero-order valence-corrected chi connectivity index (χ0v) is 10.6. The first-order chi connectivity index (χ1) is 8.75. The Hall–Kier alpha value is -1.55.